The third-order valence-corrected chi connectivity index (χ3v) is 1.13. The Morgan fingerprint density at radius 1 is 1.08 bits per heavy atom. The predicted octanol–water partition coefficient (Wildman–Crippen LogP) is 2.93. The maximum Gasteiger partial charge on any atom is 2.00 e. The van der Waals surface area contributed by atoms with Gasteiger partial charge in [-0.15, -0.1) is 0 Å². The number of halogens is 6. The quantitative estimate of drug-likeness (QED) is 0.677. The van der Waals surface area contributed by atoms with E-state index in [-0.39, 0.29) is 26.2 Å². The number of rotatable bonds is 2. The normalized spacial score (nSPS) is 15.2. The Labute approximate surface area is 84.4 Å². The van der Waals surface area contributed by atoms with Gasteiger partial charge in [0.2, 0.25) is 0 Å². The molecule has 1 atom stereocenters. The molecule has 0 N–H and O–H groups in total. The van der Waals surface area contributed by atoms with Gasteiger partial charge in [0.25, 0.3) is 0 Å². The van der Waals surface area contributed by atoms with Crippen molar-refractivity contribution < 1.29 is 52.5 Å². The summed E-state index contributed by atoms with van der Waals surface area (Å²) in [5.74, 6) is -5.22. The molecule has 0 rings (SSSR count). The smallest absolute Gasteiger partial charge is 0.240 e. The Morgan fingerprint density at radius 3 is 1.50 bits per heavy atom. The van der Waals surface area contributed by atoms with Crippen LogP contribution in [0.5, 0.6) is 0 Å². The first kappa shape index (κ1) is 15.0. The van der Waals surface area contributed by atoms with Crippen LogP contribution in [0.4, 0.5) is 26.3 Å². The van der Waals surface area contributed by atoms with E-state index in [0.29, 0.717) is 0 Å². The number of hydrogen-bond donors (Lipinski definition) is 0. The third kappa shape index (κ3) is 3.07. The summed E-state index contributed by atoms with van der Waals surface area (Å²) in [5.41, 5.74) is 0. The van der Waals surface area contributed by atoms with Crippen molar-refractivity contribution in [3.63, 3.8) is 0 Å². The average Bonchev–Trinajstić information content (AvgIpc) is 1.83. The van der Waals surface area contributed by atoms with E-state index in [1.165, 1.54) is 0 Å². The van der Waals surface area contributed by atoms with Crippen molar-refractivity contribution in [1.29, 1.82) is 0 Å². The summed E-state index contributed by atoms with van der Waals surface area (Å²) < 4.78 is 69.4. The molecule has 0 aliphatic rings. The fourth-order valence-electron chi connectivity index (χ4n) is 0.434. The molecule has 70 valence electrons. The molecule has 0 aliphatic carbocycles. The van der Waals surface area contributed by atoms with Crippen LogP contribution >= 0.6 is 0 Å². The molecule has 0 heterocycles. The van der Waals surface area contributed by atoms with Crippen molar-refractivity contribution in [2.24, 2.45) is 0 Å². The van der Waals surface area contributed by atoms with E-state index in [1.807, 2.05) is 0 Å². The van der Waals surface area contributed by atoms with Crippen molar-refractivity contribution in [3.05, 3.63) is 0 Å². The second-order valence-electron chi connectivity index (χ2n) is 2.00. The minimum absolute atomic E-state index is 0. The SMILES string of the molecule is CCC(F)C(F)(F)C(F)(F)F.[Zr+2]. The first-order valence-corrected chi connectivity index (χ1v) is 2.82. The molecule has 0 saturated carbocycles. The van der Waals surface area contributed by atoms with Crippen LogP contribution in [0, 0.1) is 0 Å². The van der Waals surface area contributed by atoms with Gasteiger partial charge in [-0.2, -0.15) is 22.0 Å². The van der Waals surface area contributed by atoms with Gasteiger partial charge >= 0.3 is 38.3 Å². The second kappa shape index (κ2) is 4.63. The number of alkyl halides is 6. The van der Waals surface area contributed by atoms with Crippen LogP contribution in [0.3, 0.4) is 0 Å². The van der Waals surface area contributed by atoms with E-state index >= 15 is 0 Å². The molecule has 0 spiro atoms. The Kier molecular flexibility index (Phi) is 5.77. The van der Waals surface area contributed by atoms with Crippen molar-refractivity contribution in [3.8, 4) is 0 Å². The molecule has 0 amide bonds. The summed E-state index contributed by atoms with van der Waals surface area (Å²) in [4.78, 5) is 0. The van der Waals surface area contributed by atoms with E-state index in [9.17, 15) is 26.3 Å². The molecule has 0 aliphatic heterocycles. The Bertz CT molecular complexity index is 130. The van der Waals surface area contributed by atoms with Gasteiger partial charge in [0.05, 0.1) is 0 Å². The van der Waals surface area contributed by atoms with Crippen LogP contribution in [0.25, 0.3) is 0 Å². The minimum Gasteiger partial charge on any atom is -0.240 e. The summed E-state index contributed by atoms with van der Waals surface area (Å²) in [6, 6.07) is 0. The standard InChI is InChI=1S/C5H6F6.Zr/c1-2-3(6)4(7,8)5(9,10)11;/h3H,2H2,1H3;/q;+2. The maximum atomic E-state index is 11.9. The Balaban J connectivity index is 0. The Hall–Kier alpha value is 0.463. The van der Waals surface area contributed by atoms with Gasteiger partial charge in [-0.05, 0) is 6.42 Å². The van der Waals surface area contributed by atoms with E-state index in [4.69, 9.17) is 0 Å². The van der Waals surface area contributed by atoms with Crippen molar-refractivity contribution in [2.45, 2.75) is 31.6 Å². The van der Waals surface area contributed by atoms with Gasteiger partial charge in [0.1, 0.15) is 0 Å². The maximum absolute atomic E-state index is 11.9. The Morgan fingerprint density at radius 2 is 1.42 bits per heavy atom. The van der Waals surface area contributed by atoms with Crippen molar-refractivity contribution in [1.82, 2.24) is 0 Å². The summed E-state index contributed by atoms with van der Waals surface area (Å²) in [6.07, 6.45) is -9.79. The number of hydrogen-bond acceptors (Lipinski definition) is 0. The molecule has 12 heavy (non-hydrogen) atoms. The average molecular weight is 271 g/mol. The van der Waals surface area contributed by atoms with E-state index < -0.39 is 24.7 Å². The fourth-order valence-corrected chi connectivity index (χ4v) is 0.434. The van der Waals surface area contributed by atoms with Crippen LogP contribution < -0.4 is 0 Å². The molecule has 1 unspecified atom stereocenters. The van der Waals surface area contributed by atoms with E-state index in [0.717, 1.165) is 6.92 Å². The molecule has 7 heteroatoms. The van der Waals surface area contributed by atoms with Gasteiger partial charge < -0.3 is 0 Å². The molecule has 0 radical (unpaired) electrons. The van der Waals surface area contributed by atoms with Crippen LogP contribution in [-0.2, 0) is 26.2 Å². The van der Waals surface area contributed by atoms with Gasteiger partial charge in [0.15, 0.2) is 6.17 Å². The minimum atomic E-state index is -5.79. The first-order valence-electron chi connectivity index (χ1n) is 2.82. The van der Waals surface area contributed by atoms with E-state index in [1.54, 1.807) is 0 Å². The molecule has 0 aromatic heterocycles. The largest absolute Gasteiger partial charge is 2.00 e. The van der Waals surface area contributed by atoms with Crippen LogP contribution in [0.15, 0.2) is 0 Å². The summed E-state index contributed by atoms with van der Waals surface area (Å²) in [6.45, 7) is 0.921. The van der Waals surface area contributed by atoms with Crippen LogP contribution in [-0.4, -0.2) is 18.3 Å². The molecular weight excluding hydrogens is 265 g/mol. The van der Waals surface area contributed by atoms with E-state index in [2.05, 4.69) is 0 Å². The molecule has 0 nitrogen and oxygen atoms in total. The fraction of sp³-hybridized carbons (Fsp3) is 1.00. The molecular formula is C5H6F6Zr+2. The van der Waals surface area contributed by atoms with Crippen molar-refractivity contribution in [2.75, 3.05) is 0 Å². The van der Waals surface area contributed by atoms with Gasteiger partial charge in [-0.25, -0.2) is 4.39 Å². The van der Waals surface area contributed by atoms with Crippen LogP contribution in [0.2, 0.25) is 0 Å². The van der Waals surface area contributed by atoms with Gasteiger partial charge in [-0.1, -0.05) is 6.92 Å². The first-order chi connectivity index (χ1) is 4.73. The molecule has 0 aromatic carbocycles. The second-order valence-corrected chi connectivity index (χ2v) is 2.00. The zero-order valence-electron chi connectivity index (χ0n) is 6.05. The van der Waals surface area contributed by atoms with Crippen molar-refractivity contribution >= 4 is 0 Å². The molecule has 0 bridgehead atoms. The summed E-state index contributed by atoms with van der Waals surface area (Å²) in [7, 11) is 0. The summed E-state index contributed by atoms with van der Waals surface area (Å²) in [5, 5.41) is 0. The zero-order valence-corrected chi connectivity index (χ0v) is 8.51. The topological polar surface area (TPSA) is 0 Å². The van der Waals surface area contributed by atoms with Crippen LogP contribution in [0.1, 0.15) is 13.3 Å². The zero-order chi connectivity index (χ0) is 9.28. The predicted molar refractivity (Wildman–Crippen MR) is 26.2 cm³/mol. The monoisotopic (exact) mass is 270 g/mol. The van der Waals surface area contributed by atoms with Gasteiger partial charge in [-0.3, -0.25) is 0 Å². The van der Waals surface area contributed by atoms with Gasteiger partial charge in [0, 0.05) is 0 Å². The molecule has 0 fully saturated rings. The summed E-state index contributed by atoms with van der Waals surface area (Å²) >= 11 is 0. The molecule has 0 saturated heterocycles. The third-order valence-electron chi connectivity index (χ3n) is 1.13. The molecule has 0 aromatic rings.